The molecule has 1 aliphatic heterocycles. The molecule has 1 N–H and O–H groups in total. The first-order valence-corrected chi connectivity index (χ1v) is 8.73. The van der Waals surface area contributed by atoms with E-state index in [1.807, 2.05) is 11.6 Å². The molecule has 2 heterocycles. The molecule has 1 fully saturated rings. The number of aryl methyl sites for hydroxylation is 3. The van der Waals surface area contributed by atoms with Gasteiger partial charge in [-0.1, -0.05) is 0 Å². The predicted molar refractivity (Wildman–Crippen MR) is 76.0 cm³/mol. The zero-order chi connectivity index (χ0) is 13.9. The van der Waals surface area contributed by atoms with Crippen molar-refractivity contribution in [1.82, 2.24) is 15.1 Å². The molecule has 0 radical (unpaired) electrons. The molecule has 0 aromatic carbocycles. The standard InChI is InChI=1S/C13H23N3O2S/c1-11-9-12(2)16(15-11)7-4-6-14-13-5-3-8-19(17,18)10-13/h9,13-14H,3-8,10H2,1-2H3. The number of nitrogens with one attached hydrogen (secondary N) is 1. The molecule has 6 heteroatoms. The van der Waals surface area contributed by atoms with E-state index in [0.717, 1.165) is 38.0 Å². The molecule has 0 amide bonds. The van der Waals surface area contributed by atoms with E-state index in [-0.39, 0.29) is 6.04 Å². The smallest absolute Gasteiger partial charge is 0.151 e. The van der Waals surface area contributed by atoms with E-state index in [1.54, 1.807) is 0 Å². The van der Waals surface area contributed by atoms with Gasteiger partial charge in [0, 0.05) is 18.3 Å². The van der Waals surface area contributed by atoms with Crippen LogP contribution in [0.15, 0.2) is 6.07 Å². The van der Waals surface area contributed by atoms with Crippen molar-refractivity contribution >= 4 is 9.84 Å². The highest BCUT2D eigenvalue weighted by atomic mass is 32.2. The van der Waals surface area contributed by atoms with Gasteiger partial charge in [-0.15, -0.1) is 0 Å². The van der Waals surface area contributed by atoms with Gasteiger partial charge < -0.3 is 5.32 Å². The van der Waals surface area contributed by atoms with E-state index >= 15 is 0 Å². The highest BCUT2D eigenvalue weighted by Gasteiger charge is 2.23. The fourth-order valence-corrected chi connectivity index (χ4v) is 4.29. The topological polar surface area (TPSA) is 64.0 Å². The Morgan fingerprint density at radius 2 is 2.26 bits per heavy atom. The van der Waals surface area contributed by atoms with Crippen molar-refractivity contribution in [3.8, 4) is 0 Å². The molecule has 1 aliphatic rings. The van der Waals surface area contributed by atoms with Crippen molar-refractivity contribution in [2.24, 2.45) is 0 Å². The number of hydrogen-bond acceptors (Lipinski definition) is 4. The zero-order valence-electron chi connectivity index (χ0n) is 11.7. The lowest BCUT2D eigenvalue weighted by Gasteiger charge is -2.23. The van der Waals surface area contributed by atoms with Gasteiger partial charge in [0.25, 0.3) is 0 Å². The predicted octanol–water partition coefficient (Wildman–Crippen LogP) is 1.06. The minimum atomic E-state index is -2.80. The van der Waals surface area contributed by atoms with Crippen LogP contribution in [-0.4, -0.2) is 42.3 Å². The third-order valence-electron chi connectivity index (χ3n) is 3.55. The Bertz CT molecular complexity index is 522. The van der Waals surface area contributed by atoms with Gasteiger partial charge in [0.15, 0.2) is 9.84 Å². The Morgan fingerprint density at radius 3 is 2.89 bits per heavy atom. The second-order valence-electron chi connectivity index (χ2n) is 5.41. The van der Waals surface area contributed by atoms with Gasteiger partial charge in [0.1, 0.15) is 0 Å². The monoisotopic (exact) mass is 285 g/mol. The minimum Gasteiger partial charge on any atom is -0.313 e. The summed E-state index contributed by atoms with van der Waals surface area (Å²) in [6.45, 7) is 5.78. The zero-order valence-corrected chi connectivity index (χ0v) is 12.5. The largest absolute Gasteiger partial charge is 0.313 e. The third kappa shape index (κ3) is 4.31. The van der Waals surface area contributed by atoms with Crippen molar-refractivity contribution in [3.05, 3.63) is 17.5 Å². The molecule has 1 aromatic rings. The molecule has 5 nitrogen and oxygen atoms in total. The number of nitrogens with zero attached hydrogens (tertiary/aromatic N) is 2. The van der Waals surface area contributed by atoms with Gasteiger partial charge in [-0.05, 0) is 45.7 Å². The minimum absolute atomic E-state index is 0.138. The van der Waals surface area contributed by atoms with Crippen molar-refractivity contribution in [2.45, 2.75) is 45.7 Å². The second kappa shape index (κ2) is 6.05. The van der Waals surface area contributed by atoms with Crippen LogP contribution in [0.1, 0.15) is 30.7 Å². The van der Waals surface area contributed by atoms with Gasteiger partial charge >= 0.3 is 0 Å². The van der Waals surface area contributed by atoms with Crippen LogP contribution >= 0.6 is 0 Å². The number of sulfone groups is 1. The van der Waals surface area contributed by atoms with Crippen molar-refractivity contribution in [3.63, 3.8) is 0 Å². The third-order valence-corrected chi connectivity index (χ3v) is 5.37. The summed E-state index contributed by atoms with van der Waals surface area (Å²) < 4.78 is 25.0. The second-order valence-corrected chi connectivity index (χ2v) is 7.64. The molecule has 0 aliphatic carbocycles. The van der Waals surface area contributed by atoms with Gasteiger partial charge in [0.2, 0.25) is 0 Å². The van der Waals surface area contributed by atoms with E-state index in [2.05, 4.69) is 23.4 Å². The Labute approximate surface area is 115 Å². The van der Waals surface area contributed by atoms with Gasteiger partial charge in [-0.25, -0.2) is 8.42 Å². The highest BCUT2D eigenvalue weighted by molar-refractivity contribution is 7.91. The van der Waals surface area contributed by atoms with Crippen LogP contribution in [0.2, 0.25) is 0 Å². The van der Waals surface area contributed by atoms with E-state index in [0.29, 0.717) is 11.5 Å². The Hall–Kier alpha value is -0.880. The van der Waals surface area contributed by atoms with Crippen molar-refractivity contribution in [2.75, 3.05) is 18.1 Å². The maximum atomic E-state index is 11.5. The quantitative estimate of drug-likeness (QED) is 0.822. The van der Waals surface area contributed by atoms with Gasteiger partial charge in [0.05, 0.1) is 17.2 Å². The average molecular weight is 285 g/mol. The number of hydrogen-bond donors (Lipinski definition) is 1. The van der Waals surface area contributed by atoms with Gasteiger partial charge in [-0.2, -0.15) is 5.10 Å². The lowest BCUT2D eigenvalue weighted by Crippen LogP contribution is -2.40. The fraction of sp³-hybridized carbons (Fsp3) is 0.769. The summed E-state index contributed by atoms with van der Waals surface area (Å²) in [5, 5.41) is 7.76. The Kier molecular flexibility index (Phi) is 4.62. The van der Waals surface area contributed by atoms with Crippen molar-refractivity contribution in [1.29, 1.82) is 0 Å². The molecule has 1 unspecified atom stereocenters. The SMILES string of the molecule is Cc1cc(C)n(CCCNC2CCCS(=O)(=O)C2)n1. The summed E-state index contributed by atoms with van der Waals surface area (Å²) in [5.41, 5.74) is 2.22. The average Bonchev–Trinajstić information content (AvgIpc) is 2.62. The highest BCUT2D eigenvalue weighted by Crippen LogP contribution is 2.12. The van der Waals surface area contributed by atoms with E-state index in [9.17, 15) is 8.42 Å². The Balaban J connectivity index is 1.71. The molecule has 0 spiro atoms. The molecule has 0 bridgehead atoms. The molecule has 19 heavy (non-hydrogen) atoms. The first-order valence-electron chi connectivity index (χ1n) is 6.91. The normalized spacial score (nSPS) is 22.5. The van der Waals surface area contributed by atoms with Crippen LogP contribution in [0.3, 0.4) is 0 Å². The number of aromatic nitrogens is 2. The Morgan fingerprint density at radius 1 is 1.47 bits per heavy atom. The first-order chi connectivity index (χ1) is 8.96. The van der Waals surface area contributed by atoms with Crippen molar-refractivity contribution < 1.29 is 8.42 Å². The van der Waals surface area contributed by atoms with Crippen LogP contribution in [0, 0.1) is 13.8 Å². The molecule has 0 saturated carbocycles. The maximum absolute atomic E-state index is 11.5. The van der Waals surface area contributed by atoms with E-state index in [4.69, 9.17) is 0 Å². The number of rotatable bonds is 5. The fourth-order valence-electron chi connectivity index (χ4n) is 2.62. The molecular weight excluding hydrogens is 262 g/mol. The first kappa shape index (κ1) is 14.5. The molecule has 1 atom stereocenters. The molecule has 1 saturated heterocycles. The lowest BCUT2D eigenvalue weighted by atomic mass is 10.2. The van der Waals surface area contributed by atoms with E-state index < -0.39 is 9.84 Å². The lowest BCUT2D eigenvalue weighted by molar-refractivity contribution is 0.457. The summed E-state index contributed by atoms with van der Waals surface area (Å²) in [7, 11) is -2.80. The molecule has 1 aromatic heterocycles. The molecular formula is C13H23N3O2S. The summed E-state index contributed by atoms with van der Waals surface area (Å²) in [6, 6.07) is 2.21. The maximum Gasteiger partial charge on any atom is 0.151 e. The summed E-state index contributed by atoms with van der Waals surface area (Å²) in [6.07, 6.45) is 2.73. The summed E-state index contributed by atoms with van der Waals surface area (Å²) in [4.78, 5) is 0. The summed E-state index contributed by atoms with van der Waals surface area (Å²) in [5.74, 6) is 0.657. The van der Waals surface area contributed by atoms with E-state index in [1.165, 1.54) is 5.69 Å². The summed E-state index contributed by atoms with van der Waals surface area (Å²) >= 11 is 0. The van der Waals surface area contributed by atoms with Crippen LogP contribution in [0.4, 0.5) is 0 Å². The van der Waals surface area contributed by atoms with Crippen LogP contribution in [0.5, 0.6) is 0 Å². The van der Waals surface area contributed by atoms with Gasteiger partial charge in [-0.3, -0.25) is 4.68 Å². The molecule has 2 rings (SSSR count). The van der Waals surface area contributed by atoms with Crippen LogP contribution in [-0.2, 0) is 16.4 Å². The van der Waals surface area contributed by atoms with Crippen LogP contribution in [0.25, 0.3) is 0 Å². The molecule has 108 valence electrons. The van der Waals surface area contributed by atoms with Crippen LogP contribution < -0.4 is 5.32 Å².